The largest absolute Gasteiger partial charge is 0.481 e. The molecule has 2 N–H and O–H groups in total. The van der Waals surface area contributed by atoms with E-state index in [1.807, 2.05) is 18.2 Å². The molecule has 0 heterocycles. The molecular formula is C15H19N3O3S. The highest BCUT2D eigenvalue weighted by Crippen LogP contribution is 2.15. The SMILES string of the molecule is CN(CCC(=O)O)C(=O)NCCSCc1ccccc1C#N. The van der Waals surface area contributed by atoms with E-state index in [9.17, 15) is 9.59 Å². The van der Waals surface area contributed by atoms with Gasteiger partial charge in [0.1, 0.15) is 0 Å². The fourth-order valence-corrected chi connectivity index (χ4v) is 2.53. The lowest BCUT2D eigenvalue weighted by Gasteiger charge is -2.16. The van der Waals surface area contributed by atoms with Gasteiger partial charge in [0.15, 0.2) is 0 Å². The minimum Gasteiger partial charge on any atom is -0.481 e. The Hall–Kier alpha value is -2.20. The van der Waals surface area contributed by atoms with Crippen LogP contribution in [-0.2, 0) is 10.5 Å². The molecule has 1 rings (SSSR count). The van der Waals surface area contributed by atoms with E-state index in [-0.39, 0.29) is 19.0 Å². The van der Waals surface area contributed by atoms with Gasteiger partial charge in [-0.2, -0.15) is 17.0 Å². The summed E-state index contributed by atoms with van der Waals surface area (Å²) in [5.41, 5.74) is 1.66. The number of carbonyl (C=O) groups excluding carboxylic acids is 1. The number of carbonyl (C=O) groups is 2. The highest BCUT2D eigenvalue weighted by molar-refractivity contribution is 7.98. The number of hydrogen-bond acceptors (Lipinski definition) is 4. The molecule has 0 saturated carbocycles. The zero-order valence-electron chi connectivity index (χ0n) is 12.4. The van der Waals surface area contributed by atoms with E-state index in [0.717, 1.165) is 11.3 Å². The fourth-order valence-electron chi connectivity index (χ4n) is 1.67. The first kappa shape index (κ1) is 17.9. The van der Waals surface area contributed by atoms with Gasteiger partial charge in [-0.25, -0.2) is 4.79 Å². The Morgan fingerprint density at radius 3 is 2.82 bits per heavy atom. The lowest BCUT2D eigenvalue weighted by molar-refractivity contribution is -0.137. The number of rotatable bonds is 8. The van der Waals surface area contributed by atoms with Crippen LogP contribution in [0.4, 0.5) is 4.79 Å². The number of urea groups is 1. The second-order valence-electron chi connectivity index (χ2n) is 4.62. The van der Waals surface area contributed by atoms with Crippen molar-refractivity contribution in [3.8, 4) is 6.07 Å². The van der Waals surface area contributed by atoms with Crippen molar-refractivity contribution in [2.24, 2.45) is 0 Å². The van der Waals surface area contributed by atoms with Crippen LogP contribution in [0.1, 0.15) is 17.5 Å². The van der Waals surface area contributed by atoms with Gasteiger partial charge in [-0.1, -0.05) is 18.2 Å². The Morgan fingerprint density at radius 1 is 1.41 bits per heavy atom. The Bertz CT molecular complexity index is 557. The molecule has 6 nitrogen and oxygen atoms in total. The molecule has 2 amide bonds. The van der Waals surface area contributed by atoms with E-state index in [4.69, 9.17) is 10.4 Å². The van der Waals surface area contributed by atoms with Crippen molar-refractivity contribution < 1.29 is 14.7 Å². The summed E-state index contributed by atoms with van der Waals surface area (Å²) in [5, 5.41) is 20.3. The van der Waals surface area contributed by atoms with E-state index < -0.39 is 5.97 Å². The average Bonchev–Trinajstić information content (AvgIpc) is 2.52. The summed E-state index contributed by atoms with van der Waals surface area (Å²) in [6.45, 7) is 0.680. The second-order valence-corrected chi connectivity index (χ2v) is 5.72. The summed E-state index contributed by atoms with van der Waals surface area (Å²) in [6.07, 6.45) is -0.0659. The molecule has 0 unspecified atom stereocenters. The number of carboxylic acid groups (broad SMARTS) is 1. The first-order valence-electron chi connectivity index (χ1n) is 6.81. The second kappa shape index (κ2) is 9.68. The van der Waals surface area contributed by atoms with Gasteiger partial charge in [-0.3, -0.25) is 4.79 Å². The molecule has 0 bridgehead atoms. The summed E-state index contributed by atoms with van der Waals surface area (Å²) in [7, 11) is 1.56. The maximum absolute atomic E-state index is 11.7. The van der Waals surface area contributed by atoms with Crippen molar-refractivity contribution in [1.82, 2.24) is 10.2 Å². The van der Waals surface area contributed by atoms with Gasteiger partial charge in [0, 0.05) is 31.6 Å². The predicted molar refractivity (Wildman–Crippen MR) is 85.6 cm³/mol. The third-order valence-electron chi connectivity index (χ3n) is 2.93. The number of thioether (sulfide) groups is 1. The molecule has 0 aliphatic rings. The summed E-state index contributed by atoms with van der Waals surface area (Å²) in [4.78, 5) is 23.4. The maximum atomic E-state index is 11.7. The molecule has 0 atom stereocenters. The van der Waals surface area contributed by atoms with E-state index >= 15 is 0 Å². The van der Waals surface area contributed by atoms with E-state index in [1.165, 1.54) is 4.90 Å². The highest BCUT2D eigenvalue weighted by atomic mass is 32.2. The Morgan fingerprint density at radius 2 is 2.14 bits per heavy atom. The number of benzene rings is 1. The molecule has 0 aromatic heterocycles. The molecule has 0 fully saturated rings. The molecule has 0 spiro atoms. The number of nitriles is 1. The summed E-state index contributed by atoms with van der Waals surface area (Å²) < 4.78 is 0. The Balaban J connectivity index is 2.21. The zero-order valence-corrected chi connectivity index (χ0v) is 13.2. The van der Waals surface area contributed by atoms with Crippen LogP contribution in [0.25, 0.3) is 0 Å². The number of aliphatic carboxylic acids is 1. The van der Waals surface area contributed by atoms with Gasteiger partial charge in [-0.05, 0) is 11.6 Å². The van der Waals surface area contributed by atoms with Gasteiger partial charge in [-0.15, -0.1) is 0 Å². The number of hydrogen-bond donors (Lipinski definition) is 2. The van der Waals surface area contributed by atoms with Gasteiger partial charge in [0.05, 0.1) is 18.1 Å². The molecule has 1 aromatic rings. The van der Waals surface area contributed by atoms with Crippen LogP contribution in [-0.4, -0.2) is 47.9 Å². The lowest BCUT2D eigenvalue weighted by Crippen LogP contribution is -2.39. The molecule has 1 aromatic carbocycles. The molecule has 0 aliphatic carbocycles. The van der Waals surface area contributed by atoms with Gasteiger partial charge in [0.2, 0.25) is 0 Å². The Labute approximate surface area is 134 Å². The first-order chi connectivity index (χ1) is 10.5. The van der Waals surface area contributed by atoms with Crippen molar-refractivity contribution in [3.63, 3.8) is 0 Å². The van der Waals surface area contributed by atoms with Crippen LogP contribution in [0, 0.1) is 11.3 Å². The third kappa shape index (κ3) is 6.50. The standard InChI is InChI=1S/C15H19N3O3S/c1-18(8-6-14(19)20)15(21)17-7-9-22-11-13-5-3-2-4-12(13)10-16/h2-5H,6-9,11H2,1H3,(H,17,21)(H,19,20). The minimum absolute atomic E-state index is 0.0659. The van der Waals surface area contributed by atoms with Crippen molar-refractivity contribution >= 4 is 23.8 Å². The zero-order chi connectivity index (χ0) is 16.4. The molecule has 0 saturated heterocycles. The topological polar surface area (TPSA) is 93.4 Å². The van der Waals surface area contributed by atoms with Crippen molar-refractivity contribution in [2.45, 2.75) is 12.2 Å². The number of nitrogens with one attached hydrogen (secondary N) is 1. The monoisotopic (exact) mass is 321 g/mol. The molecule has 0 radical (unpaired) electrons. The third-order valence-corrected chi connectivity index (χ3v) is 3.93. The van der Waals surface area contributed by atoms with E-state index in [0.29, 0.717) is 17.9 Å². The van der Waals surface area contributed by atoms with Gasteiger partial charge < -0.3 is 15.3 Å². The number of amides is 2. The quantitative estimate of drug-likeness (QED) is 0.713. The molecule has 118 valence electrons. The maximum Gasteiger partial charge on any atom is 0.317 e. The van der Waals surface area contributed by atoms with Gasteiger partial charge >= 0.3 is 12.0 Å². The summed E-state index contributed by atoms with van der Waals surface area (Å²) in [6, 6.07) is 9.32. The molecule has 0 aliphatic heterocycles. The van der Waals surface area contributed by atoms with Crippen molar-refractivity contribution in [2.75, 3.05) is 25.9 Å². The van der Waals surface area contributed by atoms with Crippen molar-refractivity contribution in [3.05, 3.63) is 35.4 Å². The molecule has 7 heteroatoms. The van der Waals surface area contributed by atoms with E-state index in [1.54, 1.807) is 24.9 Å². The van der Waals surface area contributed by atoms with Crippen LogP contribution in [0.5, 0.6) is 0 Å². The normalized spacial score (nSPS) is 9.82. The summed E-state index contributed by atoms with van der Waals surface area (Å²) >= 11 is 1.63. The van der Waals surface area contributed by atoms with Crippen LogP contribution < -0.4 is 5.32 Å². The molecule has 22 heavy (non-hydrogen) atoms. The number of carboxylic acids is 1. The Kier molecular flexibility index (Phi) is 7.86. The average molecular weight is 321 g/mol. The van der Waals surface area contributed by atoms with Crippen LogP contribution in [0.3, 0.4) is 0 Å². The minimum atomic E-state index is -0.925. The van der Waals surface area contributed by atoms with E-state index in [2.05, 4.69) is 11.4 Å². The van der Waals surface area contributed by atoms with Crippen LogP contribution >= 0.6 is 11.8 Å². The fraction of sp³-hybridized carbons (Fsp3) is 0.400. The lowest BCUT2D eigenvalue weighted by atomic mass is 10.1. The van der Waals surface area contributed by atoms with Crippen molar-refractivity contribution in [1.29, 1.82) is 5.26 Å². The van der Waals surface area contributed by atoms with Crippen LogP contribution in [0.2, 0.25) is 0 Å². The van der Waals surface area contributed by atoms with Gasteiger partial charge in [0.25, 0.3) is 0 Å². The van der Waals surface area contributed by atoms with Crippen LogP contribution in [0.15, 0.2) is 24.3 Å². The highest BCUT2D eigenvalue weighted by Gasteiger charge is 2.09. The summed E-state index contributed by atoms with van der Waals surface area (Å²) in [5.74, 6) is 0.513. The molecular weight excluding hydrogens is 302 g/mol. The number of nitrogens with zero attached hydrogens (tertiary/aromatic N) is 2. The first-order valence-corrected chi connectivity index (χ1v) is 7.96. The smallest absolute Gasteiger partial charge is 0.317 e. The predicted octanol–water partition coefficient (Wildman–Crippen LogP) is 1.91.